The zero-order valence-electron chi connectivity index (χ0n) is 31.4. The van der Waals surface area contributed by atoms with Crippen molar-refractivity contribution in [2.75, 3.05) is 0 Å². The van der Waals surface area contributed by atoms with Crippen LogP contribution in [0.15, 0.2) is 22.7 Å². The number of aliphatic hydroxyl groups excluding tert-OH is 1. The molecule has 0 spiro atoms. The first-order valence-electron chi connectivity index (χ1n) is 17.5. The van der Waals surface area contributed by atoms with Gasteiger partial charge in [-0.2, -0.15) is 0 Å². The second-order valence-electron chi connectivity index (χ2n) is 17.0. The molecule has 0 aromatic heterocycles. The highest BCUT2D eigenvalue weighted by Gasteiger charge is 2.59. The lowest BCUT2D eigenvalue weighted by Gasteiger charge is -2.46. The van der Waals surface area contributed by atoms with Gasteiger partial charge in [0, 0.05) is 40.5 Å². The van der Waals surface area contributed by atoms with Crippen LogP contribution in [0.5, 0.6) is 17.2 Å². The van der Waals surface area contributed by atoms with Crippen molar-refractivity contribution in [2.24, 2.45) is 33.5 Å². The number of hydrogen-bond acceptors (Lipinski definition) is 9. The second kappa shape index (κ2) is 12.2. The largest absolute Gasteiger partial charge is 0.511 e. The van der Waals surface area contributed by atoms with Crippen molar-refractivity contribution in [3.05, 3.63) is 39.4 Å². The van der Waals surface area contributed by atoms with E-state index in [0.29, 0.717) is 6.42 Å². The number of rotatable bonds is 9. The molecule has 2 atom stereocenters. The summed E-state index contributed by atoms with van der Waals surface area (Å²) in [6, 6.07) is 0. The van der Waals surface area contributed by atoms with Gasteiger partial charge in [0.1, 0.15) is 34.3 Å². The Bertz CT molecular complexity index is 1730. The Labute approximate surface area is 290 Å². The maximum atomic E-state index is 14.2. The molecule has 2 unspecified atom stereocenters. The van der Waals surface area contributed by atoms with Crippen LogP contribution in [0, 0.1) is 33.5 Å². The van der Waals surface area contributed by atoms with E-state index in [9.17, 15) is 39.3 Å². The molecule has 268 valence electrons. The van der Waals surface area contributed by atoms with Crippen LogP contribution < -0.4 is 4.74 Å². The molecule has 1 heterocycles. The number of phenolic OH excluding ortho intramolecular Hbond substituents is 2. The SMILES string of the molecule is CCCCCC(=O)c1c(O)c(C(C2=C(O)C(C)(C)C(=O)C(C)(C)C2=O)C(C)C)c(O)c2c1OC1=C(C(=O)C(C)(C)C(=O)C1(C)C)C2C(C)C. The number of carbonyl (C=O) groups is 5. The molecule has 0 fully saturated rings. The lowest BCUT2D eigenvalue weighted by molar-refractivity contribution is -0.146. The Hall–Kier alpha value is -3.75. The average Bonchev–Trinajstić information content (AvgIpc) is 3.00. The molecule has 0 saturated carbocycles. The van der Waals surface area contributed by atoms with E-state index in [2.05, 4.69) is 0 Å². The molecule has 3 aliphatic rings. The predicted molar refractivity (Wildman–Crippen MR) is 186 cm³/mol. The second-order valence-corrected chi connectivity index (χ2v) is 17.0. The van der Waals surface area contributed by atoms with E-state index in [-0.39, 0.29) is 57.5 Å². The van der Waals surface area contributed by atoms with E-state index in [1.807, 2.05) is 20.8 Å². The number of Topliss-reactive ketones (excluding diaryl/α,β-unsaturated/α-hetero) is 5. The monoisotopic (exact) mass is 678 g/mol. The minimum atomic E-state index is -1.53. The van der Waals surface area contributed by atoms with Gasteiger partial charge in [-0.05, 0) is 73.6 Å². The maximum Gasteiger partial charge on any atom is 0.175 e. The predicted octanol–water partition coefficient (Wildman–Crippen LogP) is 8.21. The Morgan fingerprint density at radius 2 is 1.29 bits per heavy atom. The van der Waals surface area contributed by atoms with Gasteiger partial charge in [-0.1, -0.05) is 47.5 Å². The summed E-state index contributed by atoms with van der Waals surface area (Å²) >= 11 is 0. The quantitative estimate of drug-likeness (QED) is 0.133. The third-order valence-corrected chi connectivity index (χ3v) is 11.1. The average molecular weight is 679 g/mol. The van der Waals surface area contributed by atoms with E-state index in [4.69, 9.17) is 4.74 Å². The molecule has 3 N–H and O–H groups in total. The van der Waals surface area contributed by atoms with Gasteiger partial charge >= 0.3 is 0 Å². The van der Waals surface area contributed by atoms with Crippen LogP contribution in [-0.2, 0) is 19.2 Å². The fourth-order valence-electron chi connectivity index (χ4n) is 8.36. The van der Waals surface area contributed by atoms with Gasteiger partial charge in [0.2, 0.25) is 0 Å². The molecular weight excluding hydrogens is 624 g/mol. The minimum Gasteiger partial charge on any atom is -0.511 e. The molecule has 1 aromatic carbocycles. The summed E-state index contributed by atoms with van der Waals surface area (Å²) in [6.45, 7) is 21.8. The van der Waals surface area contributed by atoms with E-state index in [1.165, 1.54) is 27.7 Å². The molecule has 1 aliphatic heterocycles. The number of phenols is 2. The van der Waals surface area contributed by atoms with Crippen LogP contribution in [0.2, 0.25) is 0 Å². The van der Waals surface area contributed by atoms with Gasteiger partial charge in [-0.3, -0.25) is 24.0 Å². The van der Waals surface area contributed by atoms with E-state index in [0.717, 1.165) is 12.8 Å². The summed E-state index contributed by atoms with van der Waals surface area (Å²) in [5.74, 6) is -6.86. The maximum absolute atomic E-state index is 14.2. The van der Waals surface area contributed by atoms with Crippen molar-refractivity contribution >= 4 is 28.9 Å². The molecule has 0 saturated heterocycles. The van der Waals surface area contributed by atoms with Crippen molar-refractivity contribution in [3.8, 4) is 17.2 Å². The lowest BCUT2D eigenvalue weighted by Crippen LogP contribution is -2.52. The van der Waals surface area contributed by atoms with Crippen molar-refractivity contribution < 1.29 is 44.0 Å². The standard InChI is InChI=1S/C40H54O9/c1-14-15-16-17-20(41)23-28(42)24(21(18(2)3)26-31(44)37(6,7)35(47)38(8,9)32(26)45)29(43)25-22(19(4)5)27-33(46)39(10,11)36(48)40(12,13)34(27)49-30(23)25/h18-19,21-22,42-44H,14-17H2,1-13H3. The van der Waals surface area contributed by atoms with Crippen LogP contribution in [0.4, 0.5) is 0 Å². The number of carbonyl (C=O) groups excluding carboxylic acids is 5. The number of fused-ring (bicyclic) bond motifs is 1. The van der Waals surface area contributed by atoms with Gasteiger partial charge in [0.25, 0.3) is 0 Å². The highest BCUT2D eigenvalue weighted by Crippen LogP contribution is 2.62. The number of benzene rings is 1. The van der Waals surface area contributed by atoms with E-state index >= 15 is 0 Å². The zero-order chi connectivity index (χ0) is 37.5. The Kier molecular flexibility index (Phi) is 9.50. The Morgan fingerprint density at radius 1 is 0.755 bits per heavy atom. The number of allylic oxidation sites excluding steroid dienone is 4. The molecule has 4 rings (SSSR count). The van der Waals surface area contributed by atoms with Crippen molar-refractivity contribution in [2.45, 2.75) is 128 Å². The summed E-state index contributed by atoms with van der Waals surface area (Å²) < 4.78 is 6.47. The number of ketones is 5. The molecule has 0 radical (unpaired) electrons. The minimum absolute atomic E-state index is 0.0434. The summed E-state index contributed by atoms with van der Waals surface area (Å²) in [7, 11) is 0. The third kappa shape index (κ3) is 5.37. The van der Waals surface area contributed by atoms with Crippen LogP contribution in [0.3, 0.4) is 0 Å². The van der Waals surface area contributed by atoms with Crippen molar-refractivity contribution in [1.29, 1.82) is 0 Å². The molecule has 0 amide bonds. The molecule has 2 aliphatic carbocycles. The van der Waals surface area contributed by atoms with Crippen molar-refractivity contribution in [3.63, 3.8) is 0 Å². The van der Waals surface area contributed by atoms with Crippen molar-refractivity contribution in [1.82, 2.24) is 0 Å². The topological polar surface area (TPSA) is 155 Å². The van der Waals surface area contributed by atoms with Crippen LogP contribution in [-0.4, -0.2) is 44.2 Å². The number of hydrogen-bond donors (Lipinski definition) is 3. The first kappa shape index (κ1) is 38.1. The van der Waals surface area contributed by atoms with Crippen LogP contribution in [0.25, 0.3) is 0 Å². The number of unbranched alkanes of at least 4 members (excludes halogenated alkanes) is 2. The summed E-state index contributed by atoms with van der Waals surface area (Å²) in [5, 5.41) is 36.3. The molecule has 1 aromatic rings. The van der Waals surface area contributed by atoms with Crippen LogP contribution >= 0.6 is 0 Å². The van der Waals surface area contributed by atoms with Crippen LogP contribution in [0.1, 0.15) is 149 Å². The lowest BCUT2D eigenvalue weighted by atomic mass is 9.58. The fraction of sp³-hybridized carbons (Fsp3) is 0.625. The molecule has 0 bridgehead atoms. The summed E-state index contributed by atoms with van der Waals surface area (Å²) in [5.41, 5.74) is -5.83. The Morgan fingerprint density at radius 3 is 1.80 bits per heavy atom. The number of ether oxygens (including phenoxy) is 1. The van der Waals surface area contributed by atoms with Gasteiger partial charge < -0.3 is 20.1 Å². The fourth-order valence-corrected chi connectivity index (χ4v) is 8.36. The number of aromatic hydroxyl groups is 2. The van der Waals surface area contributed by atoms with Gasteiger partial charge in [-0.25, -0.2) is 0 Å². The van der Waals surface area contributed by atoms with E-state index < -0.39 is 79.8 Å². The first-order valence-corrected chi connectivity index (χ1v) is 17.5. The zero-order valence-corrected chi connectivity index (χ0v) is 31.4. The molecule has 9 heteroatoms. The normalized spacial score (nSPS) is 23.1. The number of aliphatic hydroxyl groups is 1. The molecule has 9 nitrogen and oxygen atoms in total. The summed E-state index contributed by atoms with van der Waals surface area (Å²) in [6.07, 6.45) is 2.14. The first-order chi connectivity index (χ1) is 22.3. The van der Waals surface area contributed by atoms with Gasteiger partial charge in [0.05, 0.1) is 21.7 Å². The van der Waals surface area contributed by atoms with Gasteiger partial charge in [-0.15, -0.1) is 0 Å². The van der Waals surface area contributed by atoms with E-state index in [1.54, 1.807) is 41.5 Å². The highest BCUT2D eigenvalue weighted by atomic mass is 16.5. The third-order valence-electron chi connectivity index (χ3n) is 11.1. The smallest absolute Gasteiger partial charge is 0.175 e. The molecule has 49 heavy (non-hydrogen) atoms. The molecular formula is C40H54O9. The Balaban J connectivity index is 2.20. The van der Waals surface area contributed by atoms with Gasteiger partial charge in [0.15, 0.2) is 28.9 Å². The summed E-state index contributed by atoms with van der Waals surface area (Å²) in [4.78, 5) is 69.8. The highest BCUT2D eigenvalue weighted by molar-refractivity contribution is 6.21.